The molecule has 0 saturated carbocycles. The third-order valence-corrected chi connectivity index (χ3v) is 2.16. The van der Waals surface area contributed by atoms with Gasteiger partial charge in [-0.15, -0.1) is 0 Å². The molecule has 0 unspecified atom stereocenters. The molecule has 0 aliphatic rings. The quantitative estimate of drug-likeness (QED) is 0.819. The molecule has 1 aromatic heterocycles. The van der Waals surface area contributed by atoms with Crippen LogP contribution in [-0.2, 0) is 6.54 Å². The number of hydrogen-bond donors (Lipinski definition) is 1. The summed E-state index contributed by atoms with van der Waals surface area (Å²) in [5.74, 6) is 0. The molecule has 0 atom stereocenters. The van der Waals surface area contributed by atoms with Crippen molar-refractivity contribution in [1.82, 2.24) is 9.78 Å². The zero-order chi connectivity index (χ0) is 9.97. The zero-order valence-corrected chi connectivity index (χ0v) is 8.28. The Balaban J connectivity index is 2.41. The molecule has 0 spiro atoms. The molecule has 1 aromatic carbocycles. The molecular weight excluding hydrogens is 198 g/mol. The fraction of sp³-hybridized carbons (Fsp3) is 0.100. The first kappa shape index (κ1) is 9.24. The van der Waals surface area contributed by atoms with Crippen molar-refractivity contribution in [3.8, 4) is 5.69 Å². The van der Waals surface area contributed by atoms with Gasteiger partial charge in [-0.1, -0.05) is 23.7 Å². The Labute approximate surface area is 87.1 Å². The van der Waals surface area contributed by atoms with Crippen molar-refractivity contribution >= 4 is 11.6 Å². The highest BCUT2D eigenvalue weighted by molar-refractivity contribution is 6.30. The number of hydrogen-bond acceptors (Lipinski definition) is 2. The third-order valence-electron chi connectivity index (χ3n) is 1.96. The van der Waals surface area contributed by atoms with E-state index in [0.717, 1.165) is 11.3 Å². The van der Waals surface area contributed by atoms with Gasteiger partial charge in [0.15, 0.2) is 0 Å². The van der Waals surface area contributed by atoms with Gasteiger partial charge in [-0.2, -0.15) is 5.10 Å². The van der Waals surface area contributed by atoms with Crippen molar-refractivity contribution in [2.75, 3.05) is 0 Å². The van der Waals surface area contributed by atoms with Crippen molar-refractivity contribution in [2.45, 2.75) is 6.54 Å². The molecule has 14 heavy (non-hydrogen) atoms. The first-order valence-electron chi connectivity index (χ1n) is 4.29. The predicted molar refractivity (Wildman–Crippen MR) is 56.5 cm³/mol. The van der Waals surface area contributed by atoms with E-state index in [2.05, 4.69) is 5.10 Å². The van der Waals surface area contributed by atoms with E-state index < -0.39 is 0 Å². The molecule has 72 valence electrons. The average molecular weight is 208 g/mol. The zero-order valence-electron chi connectivity index (χ0n) is 7.52. The topological polar surface area (TPSA) is 43.8 Å². The van der Waals surface area contributed by atoms with Gasteiger partial charge in [-0.3, -0.25) is 0 Å². The largest absolute Gasteiger partial charge is 0.326 e. The molecule has 0 bridgehead atoms. The highest BCUT2D eigenvalue weighted by Gasteiger charge is 1.99. The lowest BCUT2D eigenvalue weighted by atomic mass is 10.2. The lowest BCUT2D eigenvalue weighted by Gasteiger charge is -2.02. The van der Waals surface area contributed by atoms with Gasteiger partial charge in [0, 0.05) is 12.7 Å². The molecule has 2 aromatic rings. The summed E-state index contributed by atoms with van der Waals surface area (Å²) in [5, 5.41) is 4.73. The SMILES string of the molecule is NCc1cccc(-n2cc(Cl)cn2)c1. The lowest BCUT2D eigenvalue weighted by Crippen LogP contribution is -1.99. The monoisotopic (exact) mass is 207 g/mol. The van der Waals surface area contributed by atoms with Gasteiger partial charge in [-0.25, -0.2) is 4.68 Å². The Morgan fingerprint density at radius 1 is 1.43 bits per heavy atom. The van der Waals surface area contributed by atoms with Gasteiger partial charge in [0.05, 0.1) is 16.9 Å². The second-order valence-corrected chi connectivity index (χ2v) is 3.41. The van der Waals surface area contributed by atoms with E-state index in [0.29, 0.717) is 11.6 Å². The summed E-state index contributed by atoms with van der Waals surface area (Å²) < 4.78 is 1.72. The van der Waals surface area contributed by atoms with Crippen molar-refractivity contribution in [3.05, 3.63) is 47.2 Å². The number of nitrogens with two attached hydrogens (primary N) is 1. The summed E-state index contributed by atoms with van der Waals surface area (Å²) in [6.07, 6.45) is 3.37. The first-order valence-corrected chi connectivity index (χ1v) is 4.67. The van der Waals surface area contributed by atoms with Gasteiger partial charge in [0.1, 0.15) is 0 Å². The van der Waals surface area contributed by atoms with Gasteiger partial charge >= 0.3 is 0 Å². The Morgan fingerprint density at radius 3 is 2.93 bits per heavy atom. The first-order chi connectivity index (χ1) is 6.79. The Morgan fingerprint density at radius 2 is 2.29 bits per heavy atom. The van der Waals surface area contributed by atoms with E-state index in [4.69, 9.17) is 17.3 Å². The van der Waals surface area contributed by atoms with Crippen LogP contribution in [-0.4, -0.2) is 9.78 Å². The minimum atomic E-state index is 0.531. The number of rotatable bonds is 2. The predicted octanol–water partition coefficient (Wildman–Crippen LogP) is 1.98. The van der Waals surface area contributed by atoms with E-state index in [1.807, 2.05) is 24.3 Å². The van der Waals surface area contributed by atoms with Crippen LogP contribution in [0.15, 0.2) is 36.7 Å². The van der Waals surface area contributed by atoms with Gasteiger partial charge in [-0.05, 0) is 17.7 Å². The molecule has 4 heteroatoms. The Kier molecular flexibility index (Phi) is 2.52. The van der Waals surface area contributed by atoms with E-state index in [1.165, 1.54) is 0 Å². The summed E-state index contributed by atoms with van der Waals surface area (Å²) in [7, 11) is 0. The Bertz CT molecular complexity index is 436. The molecule has 0 aliphatic heterocycles. The number of nitrogens with zero attached hydrogens (tertiary/aromatic N) is 2. The van der Waals surface area contributed by atoms with Crippen LogP contribution >= 0.6 is 11.6 Å². The van der Waals surface area contributed by atoms with Crippen molar-refractivity contribution in [2.24, 2.45) is 5.73 Å². The molecule has 0 saturated heterocycles. The smallest absolute Gasteiger partial charge is 0.0790 e. The summed E-state index contributed by atoms with van der Waals surface area (Å²) in [6.45, 7) is 0.531. The summed E-state index contributed by atoms with van der Waals surface area (Å²) in [5.41, 5.74) is 7.60. The molecule has 0 radical (unpaired) electrons. The second kappa shape index (κ2) is 3.82. The second-order valence-electron chi connectivity index (χ2n) is 2.98. The average Bonchev–Trinajstić information content (AvgIpc) is 2.65. The van der Waals surface area contributed by atoms with Gasteiger partial charge in [0.25, 0.3) is 0 Å². The van der Waals surface area contributed by atoms with E-state index in [9.17, 15) is 0 Å². The van der Waals surface area contributed by atoms with Gasteiger partial charge in [0.2, 0.25) is 0 Å². The lowest BCUT2D eigenvalue weighted by molar-refractivity contribution is 0.876. The molecule has 2 N–H and O–H groups in total. The summed E-state index contributed by atoms with van der Waals surface area (Å²) in [6, 6.07) is 7.88. The minimum absolute atomic E-state index is 0.531. The van der Waals surface area contributed by atoms with Crippen LogP contribution in [0.4, 0.5) is 0 Å². The third kappa shape index (κ3) is 1.78. The molecule has 0 aliphatic carbocycles. The van der Waals surface area contributed by atoms with E-state index >= 15 is 0 Å². The minimum Gasteiger partial charge on any atom is -0.326 e. The van der Waals surface area contributed by atoms with Crippen LogP contribution in [0.25, 0.3) is 5.69 Å². The standard InChI is InChI=1S/C10H10ClN3/c11-9-6-13-14(7-9)10-3-1-2-8(4-10)5-12/h1-4,6-7H,5,12H2. The fourth-order valence-corrected chi connectivity index (χ4v) is 1.40. The van der Waals surface area contributed by atoms with Crippen LogP contribution in [0.1, 0.15) is 5.56 Å². The number of halogens is 1. The van der Waals surface area contributed by atoms with Crippen LogP contribution in [0.3, 0.4) is 0 Å². The highest BCUT2D eigenvalue weighted by atomic mass is 35.5. The molecule has 1 heterocycles. The van der Waals surface area contributed by atoms with E-state index in [1.54, 1.807) is 17.1 Å². The van der Waals surface area contributed by atoms with Crippen molar-refractivity contribution < 1.29 is 0 Å². The van der Waals surface area contributed by atoms with Gasteiger partial charge < -0.3 is 5.73 Å². The van der Waals surface area contributed by atoms with Crippen LogP contribution in [0, 0.1) is 0 Å². The van der Waals surface area contributed by atoms with Crippen LogP contribution in [0.5, 0.6) is 0 Å². The van der Waals surface area contributed by atoms with Crippen LogP contribution in [0.2, 0.25) is 5.02 Å². The summed E-state index contributed by atoms with van der Waals surface area (Å²) >= 11 is 5.78. The number of aromatic nitrogens is 2. The fourth-order valence-electron chi connectivity index (χ4n) is 1.27. The molecule has 0 amide bonds. The van der Waals surface area contributed by atoms with Crippen LogP contribution < -0.4 is 5.73 Å². The van der Waals surface area contributed by atoms with E-state index in [-0.39, 0.29) is 0 Å². The molecule has 2 rings (SSSR count). The Hall–Kier alpha value is -1.32. The maximum absolute atomic E-state index is 5.78. The molecule has 0 fully saturated rings. The normalized spacial score (nSPS) is 10.4. The maximum Gasteiger partial charge on any atom is 0.0790 e. The maximum atomic E-state index is 5.78. The highest BCUT2D eigenvalue weighted by Crippen LogP contribution is 2.12. The molecular formula is C10H10ClN3. The number of benzene rings is 1. The summed E-state index contributed by atoms with van der Waals surface area (Å²) in [4.78, 5) is 0. The van der Waals surface area contributed by atoms with Crippen molar-refractivity contribution in [1.29, 1.82) is 0 Å². The molecule has 3 nitrogen and oxygen atoms in total. The van der Waals surface area contributed by atoms with Crippen molar-refractivity contribution in [3.63, 3.8) is 0 Å².